The van der Waals surface area contributed by atoms with E-state index >= 15 is 0 Å². The highest BCUT2D eigenvalue weighted by atomic mass is 16.4. The molecule has 0 spiro atoms. The number of hydrogen-bond acceptors (Lipinski definition) is 2. The van der Waals surface area contributed by atoms with E-state index in [0.717, 1.165) is 32.1 Å². The topological polar surface area (TPSA) is 74.6 Å². The number of aliphatic carboxylic acids is 2. The number of rotatable bonds is 4. The molecular formula is C16H26O4. The fraction of sp³-hybridized carbons (Fsp3) is 0.875. The van der Waals surface area contributed by atoms with Crippen LogP contribution in [0.4, 0.5) is 0 Å². The Morgan fingerprint density at radius 1 is 0.850 bits per heavy atom. The van der Waals surface area contributed by atoms with Crippen LogP contribution in [0.5, 0.6) is 0 Å². The van der Waals surface area contributed by atoms with Crippen LogP contribution in [0.1, 0.15) is 52.4 Å². The van der Waals surface area contributed by atoms with Crippen molar-refractivity contribution >= 4 is 11.9 Å². The van der Waals surface area contributed by atoms with Crippen LogP contribution in [-0.4, -0.2) is 22.2 Å². The summed E-state index contributed by atoms with van der Waals surface area (Å²) in [7, 11) is 0. The van der Waals surface area contributed by atoms with Crippen LogP contribution < -0.4 is 0 Å². The summed E-state index contributed by atoms with van der Waals surface area (Å²) < 4.78 is 0. The van der Waals surface area contributed by atoms with Gasteiger partial charge in [-0.1, -0.05) is 39.5 Å². The Bertz CT molecular complexity index is 355. The maximum absolute atomic E-state index is 11.7. The third-order valence-corrected chi connectivity index (χ3v) is 5.78. The van der Waals surface area contributed by atoms with Gasteiger partial charge in [0.2, 0.25) is 0 Å². The molecule has 2 aliphatic rings. The van der Waals surface area contributed by atoms with Gasteiger partial charge in [-0.25, -0.2) is 0 Å². The van der Waals surface area contributed by atoms with Crippen LogP contribution in [0.3, 0.4) is 0 Å². The Morgan fingerprint density at radius 3 is 1.80 bits per heavy atom. The summed E-state index contributed by atoms with van der Waals surface area (Å²) >= 11 is 0. The quantitative estimate of drug-likeness (QED) is 0.830. The first-order valence-corrected chi connectivity index (χ1v) is 7.98. The van der Waals surface area contributed by atoms with E-state index in [1.54, 1.807) is 0 Å². The van der Waals surface area contributed by atoms with E-state index in [4.69, 9.17) is 0 Å². The average Bonchev–Trinajstić information content (AvgIpc) is 2.43. The molecule has 20 heavy (non-hydrogen) atoms. The lowest BCUT2D eigenvalue weighted by Crippen LogP contribution is -2.52. The van der Waals surface area contributed by atoms with Crippen molar-refractivity contribution in [2.75, 3.05) is 0 Å². The minimum atomic E-state index is -0.793. The van der Waals surface area contributed by atoms with Gasteiger partial charge in [-0.05, 0) is 36.5 Å². The van der Waals surface area contributed by atoms with Gasteiger partial charge in [-0.3, -0.25) is 9.59 Å². The molecule has 0 bridgehead atoms. The molecule has 0 aromatic rings. The number of carboxylic acid groups (broad SMARTS) is 2. The summed E-state index contributed by atoms with van der Waals surface area (Å²) in [4.78, 5) is 23.5. The first-order valence-electron chi connectivity index (χ1n) is 7.98. The molecule has 2 N–H and O–H groups in total. The predicted octanol–water partition coefficient (Wildman–Crippen LogP) is 3.26. The Hall–Kier alpha value is -1.06. The fourth-order valence-electron chi connectivity index (χ4n) is 5.09. The van der Waals surface area contributed by atoms with Crippen LogP contribution in [0.15, 0.2) is 0 Å². The second-order valence-electron chi connectivity index (χ2n) is 6.48. The molecular weight excluding hydrogens is 256 g/mol. The molecule has 114 valence electrons. The lowest BCUT2D eigenvalue weighted by Gasteiger charge is -2.51. The standard InChI is InChI=1S/C16H26O4/c1-3-9-11-7-5-6-8-12(11)14(16(19)20)10(4-2)13(9)15(17)18/h9-14H,3-8H2,1-2H3,(H,17,18)(H,19,20). The molecule has 4 nitrogen and oxygen atoms in total. The van der Waals surface area contributed by atoms with Gasteiger partial charge in [0.25, 0.3) is 0 Å². The Labute approximate surface area is 120 Å². The van der Waals surface area contributed by atoms with E-state index in [-0.39, 0.29) is 17.8 Å². The van der Waals surface area contributed by atoms with Gasteiger partial charge >= 0.3 is 11.9 Å². The van der Waals surface area contributed by atoms with Gasteiger partial charge in [0.05, 0.1) is 11.8 Å². The molecule has 0 heterocycles. The number of carbonyl (C=O) groups is 2. The van der Waals surface area contributed by atoms with Crippen molar-refractivity contribution in [3.05, 3.63) is 0 Å². The Kier molecular flexibility index (Phi) is 4.71. The van der Waals surface area contributed by atoms with E-state index in [1.807, 2.05) is 6.92 Å². The van der Waals surface area contributed by atoms with Crippen molar-refractivity contribution in [1.29, 1.82) is 0 Å². The van der Waals surface area contributed by atoms with Crippen LogP contribution in [-0.2, 0) is 9.59 Å². The zero-order valence-electron chi connectivity index (χ0n) is 12.4. The lowest BCUT2D eigenvalue weighted by atomic mass is 9.52. The molecule has 2 fully saturated rings. The maximum Gasteiger partial charge on any atom is 0.307 e. The van der Waals surface area contributed by atoms with E-state index in [1.165, 1.54) is 0 Å². The van der Waals surface area contributed by atoms with Gasteiger partial charge in [-0.15, -0.1) is 0 Å². The molecule has 0 aromatic heterocycles. The van der Waals surface area contributed by atoms with Crippen molar-refractivity contribution in [3.63, 3.8) is 0 Å². The molecule has 0 aliphatic heterocycles. The van der Waals surface area contributed by atoms with Crippen LogP contribution >= 0.6 is 0 Å². The van der Waals surface area contributed by atoms with E-state index in [0.29, 0.717) is 12.3 Å². The first-order chi connectivity index (χ1) is 9.52. The third-order valence-electron chi connectivity index (χ3n) is 5.78. The Morgan fingerprint density at radius 2 is 1.35 bits per heavy atom. The highest BCUT2D eigenvalue weighted by Crippen LogP contribution is 2.53. The summed E-state index contributed by atoms with van der Waals surface area (Å²) in [5.41, 5.74) is 0. The zero-order chi connectivity index (χ0) is 14.9. The van der Waals surface area contributed by atoms with Crippen molar-refractivity contribution in [2.24, 2.45) is 35.5 Å². The van der Waals surface area contributed by atoms with Crippen LogP contribution in [0.2, 0.25) is 0 Å². The summed E-state index contributed by atoms with van der Waals surface area (Å²) in [6.07, 6.45) is 5.67. The largest absolute Gasteiger partial charge is 0.481 e. The van der Waals surface area contributed by atoms with Crippen molar-refractivity contribution in [3.8, 4) is 0 Å². The van der Waals surface area contributed by atoms with Gasteiger partial charge in [0, 0.05) is 0 Å². The highest BCUT2D eigenvalue weighted by Gasteiger charge is 2.54. The third kappa shape index (κ3) is 2.45. The number of carboxylic acids is 2. The zero-order valence-corrected chi connectivity index (χ0v) is 12.4. The monoisotopic (exact) mass is 282 g/mol. The molecule has 6 atom stereocenters. The van der Waals surface area contributed by atoms with E-state index in [2.05, 4.69) is 6.92 Å². The summed E-state index contributed by atoms with van der Waals surface area (Å²) in [6.45, 7) is 3.99. The summed E-state index contributed by atoms with van der Waals surface area (Å²) in [5.74, 6) is -2.11. The molecule has 2 rings (SSSR count). The van der Waals surface area contributed by atoms with Crippen LogP contribution in [0.25, 0.3) is 0 Å². The van der Waals surface area contributed by atoms with Gasteiger partial charge in [0.15, 0.2) is 0 Å². The molecule has 0 aromatic carbocycles. The maximum atomic E-state index is 11.7. The molecule has 2 aliphatic carbocycles. The SMILES string of the molecule is CCC1C2CCCCC2C(C(=O)O)C(CC)C1C(=O)O. The minimum Gasteiger partial charge on any atom is -0.481 e. The molecule has 2 saturated carbocycles. The molecule has 6 unspecified atom stereocenters. The van der Waals surface area contributed by atoms with Crippen molar-refractivity contribution in [2.45, 2.75) is 52.4 Å². The van der Waals surface area contributed by atoms with Gasteiger partial charge < -0.3 is 10.2 Å². The summed E-state index contributed by atoms with van der Waals surface area (Å²) in [6, 6.07) is 0. The smallest absolute Gasteiger partial charge is 0.307 e. The number of fused-ring (bicyclic) bond motifs is 1. The first kappa shape index (κ1) is 15.3. The molecule has 0 amide bonds. The van der Waals surface area contributed by atoms with Crippen molar-refractivity contribution in [1.82, 2.24) is 0 Å². The second-order valence-corrected chi connectivity index (χ2v) is 6.48. The Balaban J connectivity index is 2.41. The summed E-state index contributed by atoms with van der Waals surface area (Å²) in [5, 5.41) is 19.3. The fourth-order valence-corrected chi connectivity index (χ4v) is 5.09. The van der Waals surface area contributed by atoms with Crippen molar-refractivity contribution < 1.29 is 19.8 Å². The highest BCUT2D eigenvalue weighted by molar-refractivity contribution is 5.76. The normalized spacial score (nSPS) is 40.9. The average molecular weight is 282 g/mol. The predicted molar refractivity (Wildman–Crippen MR) is 75.3 cm³/mol. The van der Waals surface area contributed by atoms with Gasteiger partial charge in [-0.2, -0.15) is 0 Å². The van der Waals surface area contributed by atoms with E-state index < -0.39 is 23.8 Å². The lowest BCUT2D eigenvalue weighted by molar-refractivity contribution is -0.166. The molecule has 0 saturated heterocycles. The van der Waals surface area contributed by atoms with Gasteiger partial charge in [0.1, 0.15) is 0 Å². The molecule has 4 heteroatoms. The molecule has 0 radical (unpaired) electrons. The minimum absolute atomic E-state index is 0.151. The number of hydrogen-bond donors (Lipinski definition) is 2. The van der Waals surface area contributed by atoms with E-state index in [9.17, 15) is 19.8 Å². The second kappa shape index (κ2) is 6.15. The van der Waals surface area contributed by atoms with Crippen LogP contribution in [0, 0.1) is 35.5 Å².